The van der Waals surface area contributed by atoms with Gasteiger partial charge in [0, 0.05) is 43.9 Å². The van der Waals surface area contributed by atoms with Crippen LogP contribution in [0.3, 0.4) is 0 Å². The number of carbonyl (C=O) groups is 2. The van der Waals surface area contributed by atoms with E-state index in [9.17, 15) is 18.0 Å². The summed E-state index contributed by atoms with van der Waals surface area (Å²) in [6.07, 6.45) is 2.77. The molecule has 1 fully saturated rings. The fourth-order valence-corrected chi connectivity index (χ4v) is 5.66. The van der Waals surface area contributed by atoms with Crippen LogP contribution < -0.4 is 5.32 Å². The van der Waals surface area contributed by atoms with Crippen molar-refractivity contribution >= 4 is 27.5 Å². The molecule has 2 aromatic rings. The highest BCUT2D eigenvalue weighted by Gasteiger charge is 2.30. The van der Waals surface area contributed by atoms with Crippen molar-refractivity contribution in [2.24, 2.45) is 0 Å². The van der Waals surface area contributed by atoms with Crippen LogP contribution in [-0.2, 0) is 21.4 Å². The number of rotatable bonds is 7. The van der Waals surface area contributed by atoms with Crippen LogP contribution in [-0.4, -0.2) is 48.6 Å². The highest BCUT2D eigenvalue weighted by atomic mass is 32.2. The molecule has 1 atom stereocenters. The van der Waals surface area contributed by atoms with Crippen LogP contribution in [0.25, 0.3) is 0 Å². The molecule has 2 aromatic carbocycles. The van der Waals surface area contributed by atoms with Crippen LogP contribution in [0.4, 0.5) is 5.69 Å². The molecular formula is C24H31N3O4S. The second-order valence-corrected chi connectivity index (χ2v) is 10.1. The summed E-state index contributed by atoms with van der Waals surface area (Å²) in [4.78, 5) is 26.3. The topological polar surface area (TPSA) is 86.8 Å². The SMILES string of the molecule is CCN(Cc1cccc(NC(=O)c2ccc(S(=O)(=O)N3CCCCC3C)cc2)c1)C(C)=O. The first-order chi connectivity index (χ1) is 15.2. The number of anilines is 1. The van der Waals surface area contributed by atoms with E-state index >= 15 is 0 Å². The van der Waals surface area contributed by atoms with Crippen molar-refractivity contribution in [1.29, 1.82) is 0 Å². The standard InChI is InChI=1S/C24H31N3O4S/c1-4-26(19(3)28)17-20-9-7-10-22(16-20)25-24(29)21-11-13-23(14-12-21)32(30,31)27-15-6-5-8-18(27)2/h7,9-14,16,18H,4-6,8,15,17H2,1-3H3,(H,25,29). The van der Waals surface area contributed by atoms with Crippen molar-refractivity contribution in [2.45, 2.75) is 57.5 Å². The fraction of sp³-hybridized carbons (Fsp3) is 0.417. The Morgan fingerprint density at radius 2 is 1.84 bits per heavy atom. The normalized spacial score (nSPS) is 17.0. The number of amides is 2. The zero-order valence-corrected chi connectivity index (χ0v) is 19.7. The average Bonchev–Trinajstić information content (AvgIpc) is 2.77. The third kappa shape index (κ3) is 5.55. The van der Waals surface area contributed by atoms with Crippen LogP contribution >= 0.6 is 0 Å². The van der Waals surface area contributed by atoms with Crippen molar-refractivity contribution in [2.75, 3.05) is 18.4 Å². The van der Waals surface area contributed by atoms with Crippen molar-refractivity contribution in [3.05, 3.63) is 59.7 Å². The molecule has 0 saturated carbocycles. The predicted octanol–water partition coefficient (Wildman–Crippen LogP) is 3.87. The van der Waals surface area contributed by atoms with Crippen molar-refractivity contribution in [1.82, 2.24) is 9.21 Å². The van der Waals surface area contributed by atoms with Crippen molar-refractivity contribution in [3.8, 4) is 0 Å². The molecule has 0 aromatic heterocycles. The predicted molar refractivity (Wildman–Crippen MR) is 125 cm³/mol. The smallest absolute Gasteiger partial charge is 0.255 e. The highest BCUT2D eigenvalue weighted by molar-refractivity contribution is 7.89. The minimum atomic E-state index is -3.57. The summed E-state index contributed by atoms with van der Waals surface area (Å²) >= 11 is 0. The van der Waals surface area contributed by atoms with Crippen LogP contribution in [0, 0.1) is 0 Å². The molecule has 2 amide bonds. The van der Waals surface area contributed by atoms with Gasteiger partial charge in [-0.25, -0.2) is 8.42 Å². The molecule has 0 bridgehead atoms. The van der Waals surface area contributed by atoms with Gasteiger partial charge in [0.15, 0.2) is 0 Å². The Kier molecular flexibility index (Phi) is 7.69. The minimum absolute atomic E-state index is 0.00377. The number of nitrogens with one attached hydrogen (secondary N) is 1. The van der Waals surface area contributed by atoms with Gasteiger partial charge in [0.2, 0.25) is 15.9 Å². The summed E-state index contributed by atoms with van der Waals surface area (Å²) in [5.41, 5.74) is 1.91. The maximum atomic E-state index is 13.0. The van der Waals surface area contributed by atoms with Gasteiger partial charge in [-0.2, -0.15) is 4.31 Å². The number of hydrogen-bond donors (Lipinski definition) is 1. The van der Waals surface area contributed by atoms with Crippen LogP contribution in [0.2, 0.25) is 0 Å². The number of nitrogens with zero attached hydrogens (tertiary/aromatic N) is 2. The Hall–Kier alpha value is -2.71. The molecule has 1 heterocycles. The van der Waals surface area contributed by atoms with Crippen molar-refractivity contribution in [3.63, 3.8) is 0 Å². The second-order valence-electron chi connectivity index (χ2n) is 8.17. The van der Waals surface area contributed by atoms with Gasteiger partial charge >= 0.3 is 0 Å². The fourth-order valence-electron chi connectivity index (χ4n) is 3.96. The molecule has 32 heavy (non-hydrogen) atoms. The highest BCUT2D eigenvalue weighted by Crippen LogP contribution is 2.25. The Labute approximate surface area is 190 Å². The molecule has 0 radical (unpaired) electrons. The van der Waals surface area contributed by atoms with E-state index < -0.39 is 10.0 Å². The van der Waals surface area contributed by atoms with Gasteiger partial charge in [0.05, 0.1) is 4.90 Å². The van der Waals surface area contributed by atoms with Gasteiger partial charge in [-0.15, -0.1) is 0 Å². The first-order valence-corrected chi connectivity index (χ1v) is 12.4. The van der Waals surface area contributed by atoms with E-state index in [0.717, 1.165) is 24.8 Å². The van der Waals surface area contributed by atoms with E-state index in [0.29, 0.717) is 30.9 Å². The van der Waals surface area contributed by atoms with E-state index in [1.165, 1.54) is 31.2 Å². The summed E-state index contributed by atoms with van der Waals surface area (Å²) < 4.78 is 27.5. The number of piperidine rings is 1. The molecule has 1 saturated heterocycles. The van der Waals surface area contributed by atoms with Crippen LogP contribution in [0.15, 0.2) is 53.4 Å². The summed E-state index contributed by atoms with van der Waals surface area (Å²) in [6.45, 7) is 6.99. The first-order valence-electron chi connectivity index (χ1n) is 11.0. The zero-order chi connectivity index (χ0) is 23.3. The Morgan fingerprint density at radius 3 is 2.47 bits per heavy atom. The van der Waals surface area contributed by atoms with E-state index in [-0.39, 0.29) is 22.8 Å². The molecule has 172 valence electrons. The van der Waals surface area contributed by atoms with E-state index in [1.54, 1.807) is 15.3 Å². The number of benzene rings is 2. The minimum Gasteiger partial charge on any atom is -0.339 e. The average molecular weight is 458 g/mol. The van der Waals surface area contributed by atoms with Crippen LogP contribution in [0.1, 0.15) is 56.0 Å². The quantitative estimate of drug-likeness (QED) is 0.684. The molecule has 0 spiro atoms. The molecule has 1 N–H and O–H groups in total. The molecule has 3 rings (SSSR count). The monoisotopic (exact) mass is 457 g/mol. The van der Waals surface area contributed by atoms with E-state index in [2.05, 4.69) is 5.32 Å². The molecule has 1 aliphatic rings. The number of carbonyl (C=O) groups excluding carboxylic acids is 2. The van der Waals surface area contributed by atoms with Crippen molar-refractivity contribution < 1.29 is 18.0 Å². The summed E-state index contributed by atoms with van der Waals surface area (Å²) in [5, 5.41) is 2.85. The van der Waals surface area contributed by atoms with Gasteiger partial charge in [-0.3, -0.25) is 9.59 Å². The Morgan fingerprint density at radius 1 is 1.12 bits per heavy atom. The number of sulfonamides is 1. The van der Waals surface area contributed by atoms with Gasteiger partial charge in [0.1, 0.15) is 0 Å². The third-order valence-electron chi connectivity index (χ3n) is 5.85. The Bertz CT molecular complexity index is 1070. The van der Waals surface area contributed by atoms with Gasteiger partial charge in [-0.05, 0) is 68.7 Å². The lowest BCUT2D eigenvalue weighted by atomic mass is 10.1. The third-order valence-corrected chi connectivity index (χ3v) is 7.88. The van der Waals surface area contributed by atoms with E-state index in [1.807, 2.05) is 32.0 Å². The lowest BCUT2D eigenvalue weighted by Crippen LogP contribution is -2.41. The number of hydrogen-bond acceptors (Lipinski definition) is 4. The largest absolute Gasteiger partial charge is 0.339 e. The molecule has 8 heteroatoms. The molecule has 1 aliphatic heterocycles. The second kappa shape index (κ2) is 10.3. The van der Waals surface area contributed by atoms with E-state index in [4.69, 9.17) is 0 Å². The lowest BCUT2D eigenvalue weighted by Gasteiger charge is -2.32. The van der Waals surface area contributed by atoms with Gasteiger partial charge in [-0.1, -0.05) is 18.6 Å². The molecule has 1 unspecified atom stereocenters. The summed E-state index contributed by atoms with van der Waals surface area (Å²) in [6, 6.07) is 13.4. The maximum Gasteiger partial charge on any atom is 0.255 e. The maximum absolute atomic E-state index is 13.0. The summed E-state index contributed by atoms with van der Waals surface area (Å²) in [5.74, 6) is -0.327. The van der Waals surface area contributed by atoms with Gasteiger partial charge < -0.3 is 10.2 Å². The summed E-state index contributed by atoms with van der Waals surface area (Å²) in [7, 11) is -3.57. The molecule has 0 aliphatic carbocycles. The van der Waals surface area contributed by atoms with Crippen LogP contribution in [0.5, 0.6) is 0 Å². The molecular weight excluding hydrogens is 426 g/mol. The first kappa shape index (κ1) is 23.9. The zero-order valence-electron chi connectivity index (χ0n) is 18.9. The van der Waals surface area contributed by atoms with Gasteiger partial charge in [0.25, 0.3) is 5.91 Å². The lowest BCUT2D eigenvalue weighted by molar-refractivity contribution is -0.129. The molecule has 7 nitrogen and oxygen atoms in total. The Balaban J connectivity index is 1.70.